The van der Waals surface area contributed by atoms with E-state index in [0.717, 1.165) is 14.9 Å². The lowest BCUT2D eigenvalue weighted by Crippen LogP contribution is -2.56. The van der Waals surface area contributed by atoms with Crippen molar-refractivity contribution in [3.8, 4) is 11.5 Å². The Morgan fingerprint density at radius 3 is 2.59 bits per heavy atom. The zero-order chi connectivity index (χ0) is 27.8. The van der Waals surface area contributed by atoms with E-state index in [1.54, 1.807) is 24.2 Å². The molecule has 3 N–H and O–H groups in total. The van der Waals surface area contributed by atoms with Crippen molar-refractivity contribution < 1.29 is 34.0 Å². The van der Waals surface area contributed by atoms with Crippen LogP contribution in [0.5, 0.6) is 11.5 Å². The van der Waals surface area contributed by atoms with Gasteiger partial charge >= 0.3 is 0 Å². The molecule has 2 aromatic carbocycles. The predicted octanol–water partition coefficient (Wildman–Crippen LogP) is 2.32. The summed E-state index contributed by atoms with van der Waals surface area (Å²) < 4.78 is 18.1. The van der Waals surface area contributed by atoms with E-state index in [9.17, 15) is 19.8 Å². The molecule has 0 saturated carbocycles. The molecule has 9 nitrogen and oxygen atoms in total. The maximum absolute atomic E-state index is 13.8. The Bertz CT molecular complexity index is 1170. The molecular formula is C29H35IN2O7. The molecular weight excluding hydrogens is 615 g/mol. The van der Waals surface area contributed by atoms with Crippen molar-refractivity contribution in [3.63, 3.8) is 0 Å². The van der Waals surface area contributed by atoms with Crippen LogP contribution in [0.4, 0.5) is 0 Å². The average molecular weight is 651 g/mol. The Labute approximate surface area is 242 Å². The third-order valence-electron chi connectivity index (χ3n) is 7.09. The highest BCUT2D eigenvalue weighted by atomic mass is 127. The number of hydrogen-bond acceptors (Lipinski definition) is 7. The van der Waals surface area contributed by atoms with Crippen LogP contribution >= 0.6 is 22.6 Å². The molecule has 1 heterocycles. The first kappa shape index (κ1) is 29.3. The normalized spacial score (nSPS) is 22.6. The Morgan fingerprint density at radius 1 is 1.15 bits per heavy atom. The third kappa shape index (κ3) is 7.30. The molecule has 10 heteroatoms. The fraction of sp³-hybridized carbons (Fsp3) is 0.448. The second-order valence-electron chi connectivity index (χ2n) is 9.60. The minimum Gasteiger partial charge on any atom is -0.496 e. The lowest BCUT2D eigenvalue weighted by Gasteiger charge is -2.41. The topological polar surface area (TPSA) is 118 Å². The number of halogens is 1. The molecule has 4 rings (SSSR count). The van der Waals surface area contributed by atoms with Gasteiger partial charge in [0.2, 0.25) is 11.8 Å². The quantitative estimate of drug-likeness (QED) is 0.320. The molecule has 1 fully saturated rings. The van der Waals surface area contributed by atoms with Gasteiger partial charge in [0.1, 0.15) is 23.7 Å². The number of para-hydroxylation sites is 2. The lowest BCUT2D eigenvalue weighted by atomic mass is 9.87. The first-order valence-electron chi connectivity index (χ1n) is 13.1. The smallest absolute Gasteiger partial charge is 0.247 e. The molecule has 210 valence electrons. The fourth-order valence-electron chi connectivity index (χ4n) is 5.02. The maximum Gasteiger partial charge on any atom is 0.247 e. The Hall–Kier alpha value is -2.67. The summed E-state index contributed by atoms with van der Waals surface area (Å²) >= 11 is 2.16. The molecule has 0 spiro atoms. The van der Waals surface area contributed by atoms with Crippen LogP contribution < -0.4 is 14.8 Å². The molecule has 0 aromatic heterocycles. The van der Waals surface area contributed by atoms with Gasteiger partial charge < -0.3 is 34.6 Å². The summed E-state index contributed by atoms with van der Waals surface area (Å²) in [5.41, 5.74) is 1.33. The van der Waals surface area contributed by atoms with Gasteiger partial charge in [0.15, 0.2) is 0 Å². The highest BCUT2D eigenvalue weighted by molar-refractivity contribution is 14.1. The molecule has 0 bridgehead atoms. The molecule has 2 aliphatic rings. The van der Waals surface area contributed by atoms with Gasteiger partial charge in [-0.3, -0.25) is 9.59 Å². The van der Waals surface area contributed by atoms with Crippen LogP contribution in [0.3, 0.4) is 0 Å². The minimum atomic E-state index is -1.08. The first-order valence-corrected chi connectivity index (χ1v) is 14.2. The van der Waals surface area contributed by atoms with E-state index >= 15 is 0 Å². The highest BCUT2D eigenvalue weighted by Crippen LogP contribution is 2.31. The van der Waals surface area contributed by atoms with E-state index in [2.05, 4.69) is 27.9 Å². The van der Waals surface area contributed by atoms with Crippen molar-refractivity contribution in [1.29, 1.82) is 0 Å². The number of amides is 2. The number of hydrogen-bond donors (Lipinski definition) is 3. The number of rotatable bonds is 11. The van der Waals surface area contributed by atoms with E-state index < -0.39 is 18.2 Å². The number of aliphatic hydroxyl groups is 2. The number of nitrogens with one attached hydrogen (secondary N) is 1. The van der Waals surface area contributed by atoms with Crippen LogP contribution in [0, 0.1) is 9.49 Å². The van der Waals surface area contributed by atoms with Gasteiger partial charge in [-0.25, -0.2) is 0 Å². The number of nitrogens with zero attached hydrogens (tertiary/aromatic N) is 1. The van der Waals surface area contributed by atoms with Crippen LogP contribution in [0.15, 0.2) is 60.2 Å². The van der Waals surface area contributed by atoms with Gasteiger partial charge in [0, 0.05) is 31.7 Å². The van der Waals surface area contributed by atoms with Crippen molar-refractivity contribution in [3.05, 3.63) is 69.3 Å². The fourth-order valence-corrected chi connectivity index (χ4v) is 5.53. The van der Waals surface area contributed by atoms with Gasteiger partial charge in [-0.1, -0.05) is 30.3 Å². The predicted molar refractivity (Wildman–Crippen MR) is 154 cm³/mol. The lowest BCUT2D eigenvalue weighted by molar-refractivity contribution is -0.142. The summed E-state index contributed by atoms with van der Waals surface area (Å²) in [5.74, 6) is 0.504. The number of carbonyl (C=O) groups is 2. The van der Waals surface area contributed by atoms with Crippen molar-refractivity contribution in [1.82, 2.24) is 10.2 Å². The van der Waals surface area contributed by atoms with Crippen LogP contribution in [-0.4, -0.2) is 85.2 Å². The Balaban J connectivity index is 1.66. The molecule has 2 aromatic rings. The van der Waals surface area contributed by atoms with Gasteiger partial charge in [-0.15, -0.1) is 0 Å². The largest absolute Gasteiger partial charge is 0.496 e. The average Bonchev–Trinajstić information content (AvgIpc) is 3.50. The zero-order valence-corrected chi connectivity index (χ0v) is 24.1. The van der Waals surface area contributed by atoms with E-state index in [1.807, 2.05) is 42.5 Å². The van der Waals surface area contributed by atoms with Crippen molar-refractivity contribution in [2.45, 2.75) is 37.5 Å². The number of aliphatic hydroxyl groups excluding tert-OH is 2. The van der Waals surface area contributed by atoms with E-state index in [-0.39, 0.29) is 37.3 Å². The summed E-state index contributed by atoms with van der Waals surface area (Å²) in [6.45, 7) is 1.06. The number of methoxy groups -OCH3 is 1. The highest BCUT2D eigenvalue weighted by Gasteiger charge is 2.42. The van der Waals surface area contributed by atoms with Gasteiger partial charge in [0.05, 0.1) is 35.9 Å². The van der Waals surface area contributed by atoms with E-state index in [4.69, 9.17) is 14.2 Å². The van der Waals surface area contributed by atoms with Crippen LogP contribution in [0.1, 0.15) is 18.4 Å². The number of benzene rings is 2. The minimum absolute atomic E-state index is 0.0986. The second kappa shape index (κ2) is 14.1. The summed E-state index contributed by atoms with van der Waals surface area (Å²) in [6.07, 6.45) is 0.933. The molecule has 0 radical (unpaired) electrons. The summed E-state index contributed by atoms with van der Waals surface area (Å²) in [5, 5.41) is 23.5. The molecule has 1 saturated heterocycles. The Morgan fingerprint density at radius 2 is 1.90 bits per heavy atom. The standard InChI is InChI=1S/C29H35IN2O7/c1-37-24-8-4-2-6-19(24)10-13-32(29(36)20-11-15-38-18-20)23-16-21(28(35)31-12-14-33)17-26(27(23)34)39-25-9-5-3-7-22(25)30/h2-9,17,20,23,26-27,33-34H,10-16,18H2,1H3,(H,31,35). The number of carbonyl (C=O) groups excluding carboxylic acids is 2. The third-order valence-corrected chi connectivity index (χ3v) is 7.98. The van der Waals surface area contributed by atoms with E-state index in [0.29, 0.717) is 43.9 Å². The maximum atomic E-state index is 13.8. The molecule has 39 heavy (non-hydrogen) atoms. The first-order chi connectivity index (χ1) is 18.9. The van der Waals surface area contributed by atoms with Gasteiger partial charge in [0.25, 0.3) is 0 Å². The van der Waals surface area contributed by atoms with Crippen molar-refractivity contribution >= 4 is 34.4 Å². The van der Waals surface area contributed by atoms with Crippen LogP contribution in [0.25, 0.3) is 0 Å². The van der Waals surface area contributed by atoms with Gasteiger partial charge in [-0.2, -0.15) is 0 Å². The van der Waals surface area contributed by atoms with Crippen molar-refractivity contribution in [2.24, 2.45) is 5.92 Å². The SMILES string of the molecule is COc1ccccc1CCN(C(=O)C1CCOC1)C1CC(C(=O)NCCO)=CC(Oc2ccccc2I)C1O. The monoisotopic (exact) mass is 650 g/mol. The zero-order valence-electron chi connectivity index (χ0n) is 21.9. The number of ether oxygens (including phenoxy) is 3. The molecule has 4 unspecified atom stereocenters. The van der Waals surface area contributed by atoms with Crippen LogP contribution in [0.2, 0.25) is 0 Å². The van der Waals surface area contributed by atoms with Gasteiger partial charge in [-0.05, 0) is 65.3 Å². The second-order valence-corrected chi connectivity index (χ2v) is 10.8. The van der Waals surface area contributed by atoms with Crippen LogP contribution in [-0.2, 0) is 20.7 Å². The summed E-state index contributed by atoms with van der Waals surface area (Å²) in [7, 11) is 1.61. The Kier molecular flexibility index (Phi) is 10.6. The molecule has 1 aliphatic carbocycles. The molecule has 2 amide bonds. The summed E-state index contributed by atoms with van der Waals surface area (Å²) in [6, 6.07) is 14.4. The summed E-state index contributed by atoms with van der Waals surface area (Å²) in [4.78, 5) is 28.5. The van der Waals surface area contributed by atoms with Crippen molar-refractivity contribution in [2.75, 3.05) is 40.0 Å². The van der Waals surface area contributed by atoms with E-state index in [1.165, 1.54) is 0 Å². The molecule has 1 aliphatic heterocycles. The molecule has 4 atom stereocenters.